The van der Waals surface area contributed by atoms with Crippen molar-refractivity contribution in [3.8, 4) is 0 Å². The summed E-state index contributed by atoms with van der Waals surface area (Å²) < 4.78 is 0.881. The summed E-state index contributed by atoms with van der Waals surface area (Å²) in [5.74, 6) is 0.408. The molecule has 2 unspecified atom stereocenters. The van der Waals surface area contributed by atoms with Crippen LogP contribution in [-0.4, -0.2) is 34.9 Å². The van der Waals surface area contributed by atoms with E-state index in [1.807, 2.05) is 17.9 Å². The van der Waals surface area contributed by atoms with E-state index in [1.165, 1.54) is 0 Å². The molecule has 2 heterocycles. The maximum Gasteiger partial charge on any atom is 0.272 e. The number of hydrogen-bond acceptors (Lipinski definition) is 3. The molecule has 2 rings (SSSR count). The first-order valence-electron chi connectivity index (χ1n) is 6.24. The van der Waals surface area contributed by atoms with E-state index in [9.17, 15) is 4.79 Å². The van der Waals surface area contributed by atoms with Gasteiger partial charge in [-0.1, -0.05) is 0 Å². The number of pyridine rings is 1. The molecule has 1 aromatic heterocycles. The molecule has 1 fully saturated rings. The second-order valence-corrected chi connectivity index (χ2v) is 5.79. The zero-order chi connectivity index (χ0) is 13.1. The summed E-state index contributed by atoms with van der Waals surface area (Å²) in [5.41, 5.74) is 6.43. The van der Waals surface area contributed by atoms with Gasteiger partial charge < -0.3 is 10.6 Å². The van der Waals surface area contributed by atoms with Crippen LogP contribution in [0.25, 0.3) is 0 Å². The zero-order valence-electron chi connectivity index (χ0n) is 10.5. The fraction of sp³-hybridized carbons (Fsp3) is 0.538. The summed E-state index contributed by atoms with van der Waals surface area (Å²) in [7, 11) is 0. The van der Waals surface area contributed by atoms with Gasteiger partial charge in [0.15, 0.2) is 0 Å². The molecule has 18 heavy (non-hydrogen) atoms. The smallest absolute Gasteiger partial charge is 0.272 e. The summed E-state index contributed by atoms with van der Waals surface area (Å²) in [5, 5.41) is 0. The normalized spacial score (nSPS) is 21.7. The van der Waals surface area contributed by atoms with Gasteiger partial charge in [-0.3, -0.25) is 4.79 Å². The number of halogens is 1. The van der Waals surface area contributed by atoms with Gasteiger partial charge in [0.25, 0.3) is 5.91 Å². The monoisotopic (exact) mass is 311 g/mol. The number of nitrogens with zero attached hydrogens (tertiary/aromatic N) is 2. The van der Waals surface area contributed by atoms with Crippen LogP contribution in [0.2, 0.25) is 0 Å². The van der Waals surface area contributed by atoms with E-state index in [4.69, 9.17) is 5.73 Å². The van der Waals surface area contributed by atoms with Crippen molar-refractivity contribution in [2.75, 3.05) is 13.1 Å². The van der Waals surface area contributed by atoms with E-state index in [1.54, 1.807) is 12.3 Å². The molecule has 0 saturated carbocycles. The Morgan fingerprint density at radius 3 is 3.00 bits per heavy atom. The van der Waals surface area contributed by atoms with Crippen molar-refractivity contribution in [1.82, 2.24) is 9.88 Å². The third-order valence-electron chi connectivity index (χ3n) is 3.44. The van der Waals surface area contributed by atoms with Gasteiger partial charge in [-0.05, 0) is 53.7 Å². The number of piperidine rings is 1. The largest absolute Gasteiger partial charge is 0.337 e. The Balaban J connectivity index is 2.06. The van der Waals surface area contributed by atoms with Crippen LogP contribution in [0.5, 0.6) is 0 Å². The molecule has 4 nitrogen and oxygen atoms in total. The molecule has 1 amide bonds. The predicted molar refractivity (Wildman–Crippen MR) is 74.2 cm³/mol. The summed E-state index contributed by atoms with van der Waals surface area (Å²) in [6.07, 6.45) is 3.78. The second kappa shape index (κ2) is 5.80. The van der Waals surface area contributed by atoms with Gasteiger partial charge in [0.1, 0.15) is 5.69 Å². The van der Waals surface area contributed by atoms with Crippen LogP contribution < -0.4 is 5.73 Å². The lowest BCUT2D eigenvalue weighted by Crippen LogP contribution is -2.45. The fourth-order valence-electron chi connectivity index (χ4n) is 2.29. The van der Waals surface area contributed by atoms with Gasteiger partial charge >= 0.3 is 0 Å². The Morgan fingerprint density at radius 2 is 2.39 bits per heavy atom. The highest BCUT2D eigenvalue weighted by Gasteiger charge is 2.26. The van der Waals surface area contributed by atoms with Crippen LogP contribution in [0.3, 0.4) is 0 Å². The highest BCUT2D eigenvalue weighted by Crippen LogP contribution is 2.20. The SMILES string of the molecule is CC(N)C1CCCN(C(=O)c2ccc(Br)cn2)C1. The molecule has 98 valence electrons. The Hall–Kier alpha value is -0.940. The Morgan fingerprint density at radius 1 is 1.61 bits per heavy atom. The molecule has 0 aliphatic carbocycles. The lowest BCUT2D eigenvalue weighted by molar-refractivity contribution is 0.0655. The first-order chi connectivity index (χ1) is 8.58. The Labute approximate surface area is 116 Å². The maximum atomic E-state index is 12.3. The van der Waals surface area contributed by atoms with Crippen LogP contribution >= 0.6 is 15.9 Å². The van der Waals surface area contributed by atoms with Gasteiger partial charge in [0.05, 0.1) is 0 Å². The molecule has 1 aromatic rings. The summed E-state index contributed by atoms with van der Waals surface area (Å²) in [6, 6.07) is 3.73. The first kappa shape index (κ1) is 13.5. The number of hydrogen-bond donors (Lipinski definition) is 1. The van der Waals surface area contributed by atoms with E-state index in [2.05, 4.69) is 20.9 Å². The van der Waals surface area contributed by atoms with E-state index < -0.39 is 0 Å². The van der Waals surface area contributed by atoms with Crippen molar-refractivity contribution in [1.29, 1.82) is 0 Å². The number of carbonyl (C=O) groups is 1. The van der Waals surface area contributed by atoms with Crippen LogP contribution in [0.15, 0.2) is 22.8 Å². The van der Waals surface area contributed by atoms with Crippen molar-refractivity contribution in [3.05, 3.63) is 28.5 Å². The maximum absolute atomic E-state index is 12.3. The van der Waals surface area contributed by atoms with E-state index in [0.717, 1.165) is 30.4 Å². The molecule has 1 aliphatic rings. The highest BCUT2D eigenvalue weighted by molar-refractivity contribution is 9.10. The van der Waals surface area contributed by atoms with E-state index in [-0.39, 0.29) is 11.9 Å². The lowest BCUT2D eigenvalue weighted by Gasteiger charge is -2.34. The van der Waals surface area contributed by atoms with Crippen molar-refractivity contribution >= 4 is 21.8 Å². The van der Waals surface area contributed by atoms with Crippen molar-refractivity contribution in [2.24, 2.45) is 11.7 Å². The Kier molecular flexibility index (Phi) is 4.35. The fourth-order valence-corrected chi connectivity index (χ4v) is 2.52. The van der Waals surface area contributed by atoms with E-state index >= 15 is 0 Å². The molecule has 1 saturated heterocycles. The number of rotatable bonds is 2. The summed E-state index contributed by atoms with van der Waals surface area (Å²) in [4.78, 5) is 18.3. The molecule has 0 spiro atoms. The molecule has 0 aromatic carbocycles. The first-order valence-corrected chi connectivity index (χ1v) is 7.03. The molecular formula is C13H18BrN3O. The minimum Gasteiger partial charge on any atom is -0.337 e. The van der Waals surface area contributed by atoms with Crippen LogP contribution in [0, 0.1) is 5.92 Å². The van der Waals surface area contributed by atoms with Gasteiger partial charge in [-0.15, -0.1) is 0 Å². The number of amides is 1. The molecule has 2 N–H and O–H groups in total. The average Bonchev–Trinajstić information content (AvgIpc) is 2.39. The zero-order valence-corrected chi connectivity index (χ0v) is 12.1. The summed E-state index contributed by atoms with van der Waals surface area (Å²) >= 11 is 3.32. The molecule has 0 radical (unpaired) electrons. The van der Waals surface area contributed by atoms with E-state index in [0.29, 0.717) is 11.6 Å². The molecular weight excluding hydrogens is 294 g/mol. The van der Waals surface area contributed by atoms with Crippen molar-refractivity contribution < 1.29 is 4.79 Å². The number of aromatic nitrogens is 1. The van der Waals surface area contributed by atoms with Crippen LogP contribution in [0.1, 0.15) is 30.3 Å². The third-order valence-corrected chi connectivity index (χ3v) is 3.90. The predicted octanol–water partition coefficient (Wildman–Crippen LogP) is 2.04. The third kappa shape index (κ3) is 3.09. The second-order valence-electron chi connectivity index (χ2n) is 4.87. The summed E-state index contributed by atoms with van der Waals surface area (Å²) in [6.45, 7) is 3.56. The van der Waals surface area contributed by atoms with Crippen molar-refractivity contribution in [2.45, 2.75) is 25.8 Å². The molecule has 5 heteroatoms. The number of nitrogens with two attached hydrogens (primary N) is 1. The van der Waals surface area contributed by atoms with Gasteiger partial charge in [0.2, 0.25) is 0 Å². The van der Waals surface area contributed by atoms with Crippen LogP contribution in [-0.2, 0) is 0 Å². The van der Waals surface area contributed by atoms with Gasteiger partial charge in [0, 0.05) is 29.8 Å². The quantitative estimate of drug-likeness (QED) is 0.909. The molecule has 2 atom stereocenters. The molecule has 0 bridgehead atoms. The van der Waals surface area contributed by atoms with Crippen LogP contribution in [0.4, 0.5) is 0 Å². The average molecular weight is 312 g/mol. The Bertz CT molecular complexity index is 419. The number of likely N-dealkylation sites (tertiary alicyclic amines) is 1. The minimum atomic E-state index is 0.00727. The van der Waals surface area contributed by atoms with Gasteiger partial charge in [-0.2, -0.15) is 0 Å². The molecule has 1 aliphatic heterocycles. The highest BCUT2D eigenvalue weighted by atomic mass is 79.9. The van der Waals surface area contributed by atoms with Gasteiger partial charge in [-0.25, -0.2) is 4.98 Å². The lowest BCUT2D eigenvalue weighted by atomic mass is 9.92. The van der Waals surface area contributed by atoms with Crippen molar-refractivity contribution in [3.63, 3.8) is 0 Å². The number of carbonyl (C=O) groups excluding carboxylic acids is 1. The standard InChI is InChI=1S/C13H18BrN3O/c1-9(15)10-3-2-6-17(8-10)13(18)12-5-4-11(14)7-16-12/h4-5,7,9-10H,2-3,6,8,15H2,1H3. The minimum absolute atomic E-state index is 0.00727. The topological polar surface area (TPSA) is 59.2 Å².